The molecule has 0 bridgehead atoms. The average Bonchev–Trinajstić information content (AvgIpc) is 3.23. The average molecular weight is 342 g/mol. The van der Waals surface area contributed by atoms with Gasteiger partial charge >= 0.3 is 0 Å². The molecule has 1 amide bonds. The number of anilines is 1. The normalized spacial score (nSPS) is 10.6. The van der Waals surface area contributed by atoms with Gasteiger partial charge in [0.2, 0.25) is 5.95 Å². The molecule has 0 aromatic carbocycles. The molecular formula is C16H18N6OS. The number of carbonyl (C=O) groups excluding carboxylic acids is 1. The zero-order valence-corrected chi connectivity index (χ0v) is 14.5. The van der Waals surface area contributed by atoms with E-state index in [1.807, 2.05) is 19.1 Å². The van der Waals surface area contributed by atoms with Crippen LogP contribution in [0.4, 0.5) is 5.95 Å². The fourth-order valence-corrected chi connectivity index (χ4v) is 3.08. The number of nitrogens with zero attached hydrogens (tertiary/aromatic N) is 4. The molecule has 8 heteroatoms. The molecule has 0 unspecified atom stereocenters. The highest BCUT2D eigenvalue weighted by molar-refractivity contribution is 7.15. The topological polar surface area (TPSA) is 86.8 Å². The number of rotatable bonds is 5. The van der Waals surface area contributed by atoms with Gasteiger partial charge in [-0.2, -0.15) is 5.10 Å². The smallest absolute Gasteiger partial charge is 0.274 e. The van der Waals surface area contributed by atoms with Crippen LogP contribution in [-0.2, 0) is 6.54 Å². The second kappa shape index (κ2) is 6.79. The summed E-state index contributed by atoms with van der Waals surface area (Å²) in [5.74, 6) is 0.402. The van der Waals surface area contributed by atoms with Crippen LogP contribution < -0.4 is 5.32 Å². The van der Waals surface area contributed by atoms with Gasteiger partial charge in [-0.3, -0.25) is 9.89 Å². The van der Waals surface area contributed by atoms with E-state index < -0.39 is 0 Å². The van der Waals surface area contributed by atoms with Crippen LogP contribution in [0.5, 0.6) is 0 Å². The highest BCUT2D eigenvalue weighted by atomic mass is 32.1. The Kier molecular flexibility index (Phi) is 4.57. The summed E-state index contributed by atoms with van der Waals surface area (Å²) in [4.78, 5) is 24.7. The summed E-state index contributed by atoms with van der Waals surface area (Å²) in [6, 6.07) is 5.85. The van der Waals surface area contributed by atoms with Gasteiger partial charge in [-0.05, 0) is 25.1 Å². The summed E-state index contributed by atoms with van der Waals surface area (Å²) < 4.78 is 0. The summed E-state index contributed by atoms with van der Waals surface area (Å²) in [5.41, 5.74) is 2.10. The number of thiophene rings is 1. The molecule has 3 aromatic heterocycles. The van der Waals surface area contributed by atoms with Crippen molar-refractivity contribution >= 4 is 23.2 Å². The van der Waals surface area contributed by atoms with E-state index in [9.17, 15) is 4.79 Å². The summed E-state index contributed by atoms with van der Waals surface area (Å²) in [5, 5.41) is 9.93. The minimum absolute atomic E-state index is 0.150. The largest absolute Gasteiger partial charge is 0.357 e. The lowest BCUT2D eigenvalue weighted by Crippen LogP contribution is -2.26. The summed E-state index contributed by atoms with van der Waals surface area (Å²) >= 11 is 1.66. The van der Waals surface area contributed by atoms with Crippen LogP contribution in [0.3, 0.4) is 0 Å². The lowest BCUT2D eigenvalue weighted by molar-refractivity contribution is 0.0779. The molecule has 0 aliphatic heterocycles. The number of hydrogen-bond acceptors (Lipinski definition) is 6. The first-order valence-electron chi connectivity index (χ1n) is 7.43. The number of aromatic amines is 1. The molecule has 0 saturated heterocycles. The van der Waals surface area contributed by atoms with Crippen LogP contribution in [0.1, 0.15) is 20.9 Å². The molecule has 3 heterocycles. The Morgan fingerprint density at radius 3 is 2.71 bits per heavy atom. The van der Waals surface area contributed by atoms with Gasteiger partial charge in [0.25, 0.3) is 5.91 Å². The van der Waals surface area contributed by atoms with Gasteiger partial charge in [-0.25, -0.2) is 9.97 Å². The Bertz CT molecular complexity index is 838. The molecule has 7 nitrogen and oxygen atoms in total. The predicted octanol–water partition coefficient (Wildman–Crippen LogP) is 2.55. The number of H-pyrrole nitrogens is 1. The van der Waals surface area contributed by atoms with Crippen LogP contribution in [0, 0.1) is 6.92 Å². The first-order chi connectivity index (χ1) is 11.6. The van der Waals surface area contributed by atoms with Crippen LogP contribution in [-0.4, -0.2) is 45.1 Å². The zero-order valence-electron chi connectivity index (χ0n) is 13.7. The van der Waals surface area contributed by atoms with Crippen molar-refractivity contribution in [2.45, 2.75) is 13.5 Å². The van der Waals surface area contributed by atoms with Crippen molar-refractivity contribution in [1.82, 2.24) is 25.1 Å². The summed E-state index contributed by atoms with van der Waals surface area (Å²) in [7, 11) is 3.49. The van der Waals surface area contributed by atoms with Crippen molar-refractivity contribution in [2.75, 3.05) is 19.4 Å². The van der Waals surface area contributed by atoms with Gasteiger partial charge in [0.05, 0.1) is 10.6 Å². The van der Waals surface area contributed by atoms with Crippen molar-refractivity contribution in [3.8, 4) is 10.6 Å². The monoisotopic (exact) mass is 342 g/mol. The quantitative estimate of drug-likeness (QED) is 0.744. The van der Waals surface area contributed by atoms with Crippen molar-refractivity contribution < 1.29 is 4.79 Å². The van der Waals surface area contributed by atoms with E-state index in [1.165, 1.54) is 4.88 Å². The number of nitrogens with one attached hydrogen (secondary N) is 2. The fourth-order valence-electron chi connectivity index (χ4n) is 2.24. The number of aryl methyl sites for hydroxylation is 1. The van der Waals surface area contributed by atoms with Gasteiger partial charge in [0.15, 0.2) is 5.69 Å². The second-order valence-corrected chi connectivity index (χ2v) is 6.69. The number of carbonyl (C=O) groups is 1. The van der Waals surface area contributed by atoms with Crippen molar-refractivity contribution in [2.24, 2.45) is 0 Å². The first-order valence-corrected chi connectivity index (χ1v) is 8.25. The summed E-state index contributed by atoms with van der Waals surface area (Å²) in [6.07, 6.45) is 3.40. The maximum atomic E-state index is 12.5. The Hall–Kier alpha value is -2.74. The lowest BCUT2D eigenvalue weighted by atomic mass is 10.2. The van der Waals surface area contributed by atoms with Crippen molar-refractivity contribution in [1.29, 1.82) is 0 Å². The van der Waals surface area contributed by atoms with Crippen molar-refractivity contribution in [3.05, 3.63) is 46.7 Å². The Labute approximate surface area is 143 Å². The zero-order chi connectivity index (χ0) is 17.1. The number of amides is 1. The van der Waals surface area contributed by atoms with Crippen molar-refractivity contribution in [3.63, 3.8) is 0 Å². The van der Waals surface area contributed by atoms with Crippen LogP contribution in [0.15, 0.2) is 30.6 Å². The third-order valence-corrected chi connectivity index (χ3v) is 4.53. The summed E-state index contributed by atoms with van der Waals surface area (Å²) in [6.45, 7) is 2.47. The van der Waals surface area contributed by atoms with Gasteiger partial charge < -0.3 is 10.2 Å². The van der Waals surface area contributed by atoms with E-state index in [1.54, 1.807) is 48.8 Å². The highest BCUT2D eigenvalue weighted by Crippen LogP contribution is 2.26. The molecule has 124 valence electrons. The molecule has 0 aliphatic carbocycles. The van der Waals surface area contributed by atoms with Crippen LogP contribution in [0.2, 0.25) is 0 Å². The molecule has 0 fully saturated rings. The Morgan fingerprint density at radius 2 is 2.08 bits per heavy atom. The molecule has 0 atom stereocenters. The minimum Gasteiger partial charge on any atom is -0.357 e. The Balaban J connectivity index is 1.70. The van der Waals surface area contributed by atoms with E-state index >= 15 is 0 Å². The maximum absolute atomic E-state index is 12.5. The highest BCUT2D eigenvalue weighted by Gasteiger charge is 2.17. The van der Waals surface area contributed by atoms with Crippen LogP contribution >= 0.6 is 11.3 Å². The molecule has 24 heavy (non-hydrogen) atoms. The maximum Gasteiger partial charge on any atom is 0.274 e. The van der Waals surface area contributed by atoms with E-state index in [2.05, 4.69) is 25.5 Å². The minimum atomic E-state index is -0.150. The number of aromatic nitrogens is 4. The first kappa shape index (κ1) is 16.1. The Morgan fingerprint density at radius 1 is 1.33 bits per heavy atom. The molecular weight excluding hydrogens is 324 g/mol. The van der Waals surface area contributed by atoms with E-state index in [0.29, 0.717) is 18.2 Å². The predicted molar refractivity (Wildman–Crippen MR) is 94.0 cm³/mol. The third kappa shape index (κ3) is 3.43. The van der Waals surface area contributed by atoms with Gasteiger partial charge in [0.1, 0.15) is 0 Å². The lowest BCUT2D eigenvalue weighted by Gasteiger charge is -2.15. The number of hydrogen-bond donors (Lipinski definition) is 2. The molecule has 0 spiro atoms. The van der Waals surface area contributed by atoms with E-state index in [4.69, 9.17) is 0 Å². The molecule has 0 aliphatic rings. The van der Waals surface area contributed by atoms with Gasteiger partial charge in [-0.1, -0.05) is 0 Å². The molecule has 0 radical (unpaired) electrons. The van der Waals surface area contributed by atoms with Crippen LogP contribution in [0.25, 0.3) is 10.6 Å². The van der Waals surface area contributed by atoms with E-state index in [0.717, 1.165) is 16.1 Å². The van der Waals surface area contributed by atoms with Gasteiger partial charge in [-0.15, -0.1) is 11.3 Å². The van der Waals surface area contributed by atoms with Gasteiger partial charge in [0, 0.05) is 43.5 Å². The standard InChI is InChI=1S/C16H18N6OS/c1-10-4-5-14(24-10)12-6-13(21-20-12)15(23)22(3)9-11-7-18-16(17-2)19-8-11/h4-8H,9H2,1-3H3,(H,20,21)(H,17,18,19). The van der Waals surface area contributed by atoms with E-state index in [-0.39, 0.29) is 5.91 Å². The second-order valence-electron chi connectivity index (χ2n) is 5.40. The fraction of sp³-hybridized carbons (Fsp3) is 0.250. The third-order valence-electron chi connectivity index (χ3n) is 3.50. The molecule has 3 rings (SSSR count). The molecule has 2 N–H and O–H groups in total. The SMILES string of the molecule is CNc1ncc(CN(C)C(=O)c2cc(-c3ccc(C)s3)[nH]n2)cn1. The molecule has 3 aromatic rings. The molecule has 0 saturated carbocycles.